The summed E-state index contributed by atoms with van der Waals surface area (Å²) in [5.74, 6) is 3.82. The lowest BCUT2D eigenvalue weighted by atomic mass is 9.63. The summed E-state index contributed by atoms with van der Waals surface area (Å²) in [6.07, 6.45) is 6.81. The van der Waals surface area contributed by atoms with E-state index in [9.17, 15) is 0 Å². The molecule has 5 heteroatoms. The molecule has 2 saturated carbocycles. The molecule has 2 aliphatic carbocycles. The number of hydrogen-bond donors (Lipinski definition) is 0. The van der Waals surface area contributed by atoms with Crippen molar-refractivity contribution in [3.05, 3.63) is 127 Å². The molecule has 0 radical (unpaired) electrons. The second-order valence-electron chi connectivity index (χ2n) is 13.8. The van der Waals surface area contributed by atoms with Crippen molar-refractivity contribution in [2.75, 3.05) is 4.90 Å². The molecule has 5 nitrogen and oxygen atoms in total. The molecule has 0 N–H and O–H groups in total. The van der Waals surface area contributed by atoms with E-state index in [2.05, 4.69) is 119 Å². The molecule has 0 atom stereocenters. The van der Waals surface area contributed by atoms with Crippen LogP contribution in [-0.4, -0.2) is 31.6 Å². The Kier molecular flexibility index (Phi) is 6.08. The van der Waals surface area contributed by atoms with Crippen molar-refractivity contribution in [2.45, 2.75) is 44.2 Å². The molecular weight excluding hydrogens is 574 g/mol. The molecule has 0 unspecified atom stereocenters. The zero-order valence-electron chi connectivity index (χ0n) is 26.2. The molecule has 2 aromatic heterocycles. The van der Waals surface area contributed by atoms with Crippen LogP contribution in [0.4, 0.5) is 5.69 Å². The Labute approximate surface area is 274 Å². The number of benzene rings is 5. The van der Waals surface area contributed by atoms with Crippen LogP contribution in [0.2, 0.25) is 0 Å². The van der Waals surface area contributed by atoms with Gasteiger partial charge in [-0.15, -0.1) is 0 Å². The Morgan fingerprint density at radius 1 is 0.447 bits per heavy atom. The van der Waals surface area contributed by atoms with E-state index in [1.807, 2.05) is 18.2 Å². The lowest BCUT2D eigenvalue weighted by Gasteiger charge is -2.57. The molecule has 228 valence electrons. The quantitative estimate of drug-likeness (QED) is 0.195. The van der Waals surface area contributed by atoms with Gasteiger partial charge in [0.15, 0.2) is 11.6 Å². The van der Waals surface area contributed by atoms with E-state index in [-0.39, 0.29) is 0 Å². The molecule has 5 aromatic carbocycles. The van der Waals surface area contributed by atoms with Crippen molar-refractivity contribution in [1.29, 1.82) is 0 Å². The van der Waals surface area contributed by atoms with Gasteiger partial charge in [-0.25, -0.2) is 4.98 Å². The van der Waals surface area contributed by atoms with Crippen LogP contribution in [0.1, 0.15) is 32.1 Å². The molecule has 4 bridgehead atoms. The van der Waals surface area contributed by atoms with Gasteiger partial charge < -0.3 is 4.90 Å². The summed E-state index contributed by atoms with van der Waals surface area (Å²) >= 11 is 0. The molecule has 0 amide bonds. The third kappa shape index (κ3) is 4.48. The standard InChI is InChI=1S/C42H35N5/c1-3-10-29(11-4-1)31-14-9-15-32(25-31)41-43-40(30-12-5-2-6-13-30)44-42(45-41)47-38-17-8-7-16-36(38)37-19-18-33(26-39(37)47)46-34-21-27-20-28(23-34)24-35(46)22-27/h1-19,25-28,34-35H,20-24H2. The number of hydrogen-bond acceptors (Lipinski definition) is 4. The molecule has 47 heavy (non-hydrogen) atoms. The smallest absolute Gasteiger partial charge is 0.238 e. The summed E-state index contributed by atoms with van der Waals surface area (Å²) in [5.41, 5.74) is 7.83. The van der Waals surface area contributed by atoms with Crippen LogP contribution in [0, 0.1) is 11.8 Å². The first-order chi connectivity index (χ1) is 23.2. The van der Waals surface area contributed by atoms with E-state index in [4.69, 9.17) is 15.0 Å². The predicted molar refractivity (Wildman–Crippen MR) is 191 cm³/mol. The number of nitrogens with zero attached hydrogens (tertiary/aromatic N) is 5. The van der Waals surface area contributed by atoms with Crippen molar-refractivity contribution in [3.8, 4) is 39.9 Å². The van der Waals surface area contributed by atoms with Gasteiger partial charge in [0.1, 0.15) is 0 Å². The summed E-state index contributed by atoms with van der Waals surface area (Å²) < 4.78 is 2.27. The van der Waals surface area contributed by atoms with Crippen LogP contribution in [-0.2, 0) is 0 Å². The molecule has 4 fully saturated rings. The van der Waals surface area contributed by atoms with Crippen molar-refractivity contribution >= 4 is 27.5 Å². The minimum atomic E-state index is 0.641. The van der Waals surface area contributed by atoms with Crippen LogP contribution < -0.4 is 4.90 Å². The van der Waals surface area contributed by atoms with Crippen molar-refractivity contribution < 1.29 is 0 Å². The molecule has 4 aliphatic rings. The van der Waals surface area contributed by atoms with Crippen LogP contribution in [0.25, 0.3) is 61.7 Å². The number of para-hydroxylation sites is 1. The Morgan fingerprint density at radius 3 is 1.79 bits per heavy atom. The van der Waals surface area contributed by atoms with E-state index in [1.54, 1.807) is 0 Å². The predicted octanol–water partition coefficient (Wildman–Crippen LogP) is 9.74. The summed E-state index contributed by atoms with van der Waals surface area (Å²) in [6, 6.07) is 46.4. The summed E-state index contributed by atoms with van der Waals surface area (Å²) in [7, 11) is 0. The van der Waals surface area contributed by atoms with Gasteiger partial charge >= 0.3 is 0 Å². The highest BCUT2D eigenvalue weighted by atomic mass is 15.2. The summed E-state index contributed by atoms with van der Waals surface area (Å²) in [4.78, 5) is 18.3. The fourth-order valence-corrected chi connectivity index (χ4v) is 9.07. The third-order valence-corrected chi connectivity index (χ3v) is 10.9. The highest BCUT2D eigenvalue weighted by Crippen LogP contribution is 2.51. The SMILES string of the molecule is c1ccc(-c2cccc(-c3nc(-c4ccccc4)nc(-n4c5ccccc5c5ccc(N6C7CC8CC(C7)CC6C8)cc54)n3)c2)cc1. The maximum Gasteiger partial charge on any atom is 0.238 e. The Hall–Kier alpha value is -5.29. The Morgan fingerprint density at radius 2 is 1.04 bits per heavy atom. The maximum absolute atomic E-state index is 5.25. The monoisotopic (exact) mass is 609 g/mol. The molecular formula is C42H35N5. The largest absolute Gasteiger partial charge is 0.365 e. The minimum Gasteiger partial charge on any atom is -0.365 e. The van der Waals surface area contributed by atoms with Gasteiger partial charge in [-0.1, -0.05) is 103 Å². The van der Waals surface area contributed by atoms with Crippen LogP contribution in [0.3, 0.4) is 0 Å². The maximum atomic E-state index is 5.25. The van der Waals surface area contributed by atoms with Gasteiger partial charge in [-0.05, 0) is 79.3 Å². The van der Waals surface area contributed by atoms with Gasteiger partial charge in [0, 0.05) is 39.7 Å². The van der Waals surface area contributed by atoms with E-state index >= 15 is 0 Å². The summed E-state index contributed by atoms with van der Waals surface area (Å²) in [5, 5.41) is 2.44. The first-order valence-corrected chi connectivity index (χ1v) is 17.0. The molecule has 2 saturated heterocycles. The van der Waals surface area contributed by atoms with Crippen molar-refractivity contribution in [2.24, 2.45) is 11.8 Å². The average molecular weight is 610 g/mol. The van der Waals surface area contributed by atoms with Gasteiger partial charge in [0.25, 0.3) is 0 Å². The van der Waals surface area contributed by atoms with E-state index in [1.165, 1.54) is 54.1 Å². The van der Waals surface area contributed by atoms with Gasteiger partial charge in [-0.2, -0.15) is 9.97 Å². The number of aromatic nitrogens is 4. The number of anilines is 1. The minimum absolute atomic E-state index is 0.641. The van der Waals surface area contributed by atoms with Crippen molar-refractivity contribution in [1.82, 2.24) is 19.5 Å². The first kappa shape index (κ1) is 26.9. The van der Waals surface area contributed by atoms with E-state index in [0.717, 1.165) is 39.6 Å². The van der Waals surface area contributed by atoms with Crippen LogP contribution >= 0.6 is 0 Å². The highest BCUT2D eigenvalue weighted by molar-refractivity contribution is 6.09. The van der Waals surface area contributed by atoms with Crippen molar-refractivity contribution in [3.63, 3.8) is 0 Å². The first-order valence-electron chi connectivity index (χ1n) is 17.0. The van der Waals surface area contributed by atoms with Gasteiger partial charge in [0.2, 0.25) is 5.95 Å². The Bertz CT molecular complexity index is 2240. The Balaban J connectivity index is 1.18. The van der Waals surface area contributed by atoms with Crippen LogP contribution in [0.15, 0.2) is 127 Å². The number of piperidine rings is 2. The normalized spacial score (nSPS) is 21.6. The van der Waals surface area contributed by atoms with E-state index in [0.29, 0.717) is 29.7 Å². The number of fused-ring (bicyclic) bond motifs is 3. The lowest BCUT2D eigenvalue weighted by molar-refractivity contribution is 0.0900. The fourth-order valence-electron chi connectivity index (χ4n) is 9.07. The zero-order chi connectivity index (χ0) is 30.9. The summed E-state index contributed by atoms with van der Waals surface area (Å²) in [6.45, 7) is 0. The molecule has 11 rings (SSSR count). The van der Waals surface area contributed by atoms with Crippen LogP contribution in [0.5, 0.6) is 0 Å². The van der Waals surface area contributed by atoms with E-state index < -0.39 is 0 Å². The third-order valence-electron chi connectivity index (χ3n) is 10.9. The molecule has 7 aromatic rings. The second kappa shape index (κ2) is 10.6. The topological polar surface area (TPSA) is 46.8 Å². The fraction of sp³-hybridized carbons (Fsp3) is 0.214. The van der Waals surface area contributed by atoms with Gasteiger partial charge in [-0.3, -0.25) is 4.57 Å². The zero-order valence-corrected chi connectivity index (χ0v) is 26.2. The molecule has 4 heterocycles. The van der Waals surface area contributed by atoms with Gasteiger partial charge in [0.05, 0.1) is 11.0 Å². The average Bonchev–Trinajstić information content (AvgIpc) is 3.45. The number of rotatable bonds is 5. The lowest BCUT2D eigenvalue weighted by Crippen LogP contribution is -2.58. The molecule has 2 aliphatic heterocycles. The highest BCUT2D eigenvalue weighted by Gasteiger charge is 2.47. The second-order valence-corrected chi connectivity index (χ2v) is 13.8. The molecule has 0 spiro atoms.